The van der Waals surface area contributed by atoms with Crippen LogP contribution in [0.2, 0.25) is 0 Å². The van der Waals surface area contributed by atoms with Crippen LogP contribution in [0.15, 0.2) is 17.5 Å². The third kappa shape index (κ3) is 2.72. The maximum Gasteiger partial charge on any atom is 0.229 e. The van der Waals surface area contributed by atoms with Gasteiger partial charge in [-0.1, -0.05) is 0 Å². The minimum Gasteiger partial charge on any atom is -0.339 e. The van der Waals surface area contributed by atoms with Gasteiger partial charge in [0.15, 0.2) is 0 Å². The Labute approximate surface area is 140 Å². The summed E-state index contributed by atoms with van der Waals surface area (Å²) >= 11 is 1.80. The van der Waals surface area contributed by atoms with Crippen molar-refractivity contribution in [3.63, 3.8) is 0 Å². The van der Waals surface area contributed by atoms with E-state index in [9.17, 15) is 4.79 Å². The molecule has 0 unspecified atom stereocenters. The van der Waals surface area contributed by atoms with Crippen LogP contribution >= 0.6 is 11.3 Å². The van der Waals surface area contributed by atoms with E-state index in [1.54, 1.807) is 11.3 Å². The maximum absolute atomic E-state index is 12.7. The number of rotatable bonds is 2. The zero-order valence-corrected chi connectivity index (χ0v) is 14.3. The zero-order valence-electron chi connectivity index (χ0n) is 13.5. The lowest BCUT2D eigenvalue weighted by molar-refractivity contribution is -0.137. The van der Waals surface area contributed by atoms with Gasteiger partial charge >= 0.3 is 0 Å². The van der Waals surface area contributed by atoms with E-state index in [0.717, 1.165) is 49.9 Å². The number of hydrogen-bond acceptors (Lipinski definition) is 5. The molecular weight excluding hydrogens is 308 g/mol. The van der Waals surface area contributed by atoms with Gasteiger partial charge in [-0.3, -0.25) is 4.79 Å². The first-order valence-electron chi connectivity index (χ1n) is 8.01. The van der Waals surface area contributed by atoms with Gasteiger partial charge < -0.3 is 9.80 Å². The third-order valence-corrected chi connectivity index (χ3v) is 5.63. The largest absolute Gasteiger partial charge is 0.339 e. The minimum absolute atomic E-state index is 0.0830. The molecule has 0 spiro atoms. The highest BCUT2D eigenvalue weighted by atomic mass is 32.1. The molecule has 1 fully saturated rings. The van der Waals surface area contributed by atoms with Crippen LogP contribution in [0.4, 0.5) is 5.95 Å². The van der Waals surface area contributed by atoms with E-state index < -0.39 is 0 Å². The van der Waals surface area contributed by atoms with Gasteiger partial charge in [-0.05, 0) is 43.3 Å². The van der Waals surface area contributed by atoms with E-state index in [1.807, 2.05) is 24.8 Å². The fourth-order valence-corrected chi connectivity index (χ4v) is 4.23. The summed E-state index contributed by atoms with van der Waals surface area (Å²) in [7, 11) is 0. The fourth-order valence-electron chi connectivity index (χ4n) is 3.34. The first-order chi connectivity index (χ1) is 11.1. The van der Waals surface area contributed by atoms with Crippen molar-refractivity contribution in [3.05, 3.63) is 39.3 Å². The number of carbonyl (C=O) groups is 1. The van der Waals surface area contributed by atoms with Crippen molar-refractivity contribution in [2.24, 2.45) is 5.92 Å². The van der Waals surface area contributed by atoms with Crippen molar-refractivity contribution in [3.8, 4) is 0 Å². The lowest BCUT2D eigenvalue weighted by Crippen LogP contribution is -2.55. The molecule has 0 aliphatic carbocycles. The van der Waals surface area contributed by atoms with E-state index in [1.165, 1.54) is 10.4 Å². The monoisotopic (exact) mass is 328 g/mol. The second-order valence-electron chi connectivity index (χ2n) is 6.43. The molecule has 1 saturated heterocycles. The molecular formula is C17H20N4OS. The van der Waals surface area contributed by atoms with Gasteiger partial charge in [0.2, 0.25) is 11.9 Å². The van der Waals surface area contributed by atoms with E-state index in [-0.39, 0.29) is 11.8 Å². The predicted molar refractivity (Wildman–Crippen MR) is 90.6 cm³/mol. The molecule has 0 radical (unpaired) electrons. The Morgan fingerprint density at radius 3 is 2.74 bits per heavy atom. The molecule has 6 heteroatoms. The highest BCUT2D eigenvalue weighted by molar-refractivity contribution is 7.10. The maximum atomic E-state index is 12.7. The highest BCUT2D eigenvalue weighted by Gasteiger charge is 2.37. The van der Waals surface area contributed by atoms with E-state index in [2.05, 4.69) is 26.3 Å². The van der Waals surface area contributed by atoms with E-state index in [4.69, 9.17) is 0 Å². The number of thiophene rings is 1. The summed E-state index contributed by atoms with van der Waals surface area (Å²) in [6, 6.07) is 4.12. The average Bonchev–Trinajstić information content (AvgIpc) is 2.91. The summed E-state index contributed by atoms with van der Waals surface area (Å²) in [4.78, 5) is 27.2. The van der Waals surface area contributed by atoms with Crippen LogP contribution in [-0.4, -0.2) is 40.4 Å². The number of amides is 1. The number of aryl methyl sites for hydroxylation is 2. The summed E-state index contributed by atoms with van der Waals surface area (Å²) in [6.45, 7) is 7.04. The molecule has 1 amide bonds. The van der Waals surface area contributed by atoms with Gasteiger partial charge in [0.05, 0.1) is 5.92 Å². The molecule has 4 heterocycles. The Bertz CT molecular complexity index is 731. The SMILES string of the molecule is Cc1cc(C)nc(N2CC(C(=O)N3CCc4sccc4C3)C2)n1. The molecule has 4 rings (SSSR count). The van der Waals surface area contributed by atoms with Crippen molar-refractivity contribution in [2.45, 2.75) is 26.8 Å². The summed E-state index contributed by atoms with van der Waals surface area (Å²) in [5, 5.41) is 2.13. The summed E-state index contributed by atoms with van der Waals surface area (Å²) < 4.78 is 0. The summed E-state index contributed by atoms with van der Waals surface area (Å²) in [6.07, 6.45) is 0.995. The molecule has 0 atom stereocenters. The Balaban J connectivity index is 1.39. The lowest BCUT2D eigenvalue weighted by atomic mass is 9.97. The van der Waals surface area contributed by atoms with Gasteiger partial charge in [-0.25, -0.2) is 9.97 Å². The normalized spacial score (nSPS) is 17.8. The standard InChI is InChI=1S/C17H20N4OS/c1-11-7-12(2)19-17(18-11)21-9-14(10-21)16(22)20-5-3-15-13(8-20)4-6-23-15/h4,6-7,14H,3,5,8-10H2,1-2H3. The Hall–Kier alpha value is -1.95. The van der Waals surface area contributed by atoms with Crippen LogP contribution in [0.25, 0.3) is 0 Å². The molecule has 2 aliphatic rings. The molecule has 5 nitrogen and oxygen atoms in total. The number of carbonyl (C=O) groups excluding carboxylic acids is 1. The molecule has 0 saturated carbocycles. The molecule has 2 aromatic rings. The highest BCUT2D eigenvalue weighted by Crippen LogP contribution is 2.28. The van der Waals surface area contributed by atoms with Crippen LogP contribution < -0.4 is 4.90 Å². The first kappa shape index (κ1) is 14.6. The molecule has 0 aromatic carbocycles. The quantitative estimate of drug-likeness (QED) is 0.848. The first-order valence-corrected chi connectivity index (χ1v) is 8.89. The van der Waals surface area contributed by atoms with Gasteiger partial charge in [0.1, 0.15) is 0 Å². The van der Waals surface area contributed by atoms with E-state index in [0.29, 0.717) is 0 Å². The van der Waals surface area contributed by atoms with Gasteiger partial charge in [0.25, 0.3) is 0 Å². The van der Waals surface area contributed by atoms with Crippen LogP contribution in [-0.2, 0) is 17.8 Å². The second-order valence-corrected chi connectivity index (χ2v) is 7.43. The van der Waals surface area contributed by atoms with Crippen LogP contribution in [0.3, 0.4) is 0 Å². The number of aromatic nitrogens is 2. The molecule has 2 aromatic heterocycles. The molecule has 120 valence electrons. The van der Waals surface area contributed by atoms with Crippen LogP contribution in [0.5, 0.6) is 0 Å². The van der Waals surface area contributed by atoms with Crippen LogP contribution in [0.1, 0.15) is 21.8 Å². The van der Waals surface area contributed by atoms with Crippen molar-refractivity contribution in [1.82, 2.24) is 14.9 Å². The van der Waals surface area contributed by atoms with Crippen molar-refractivity contribution in [1.29, 1.82) is 0 Å². The smallest absolute Gasteiger partial charge is 0.229 e. The topological polar surface area (TPSA) is 49.3 Å². The minimum atomic E-state index is 0.0830. The van der Waals surface area contributed by atoms with E-state index >= 15 is 0 Å². The summed E-state index contributed by atoms with van der Waals surface area (Å²) in [5.74, 6) is 1.12. The van der Waals surface area contributed by atoms with Gasteiger partial charge in [-0.15, -0.1) is 11.3 Å². The molecule has 23 heavy (non-hydrogen) atoms. The number of fused-ring (bicyclic) bond motifs is 1. The number of nitrogens with zero attached hydrogens (tertiary/aromatic N) is 4. The number of hydrogen-bond donors (Lipinski definition) is 0. The number of anilines is 1. The van der Waals surface area contributed by atoms with Gasteiger partial charge in [0, 0.05) is 42.4 Å². The van der Waals surface area contributed by atoms with Gasteiger partial charge in [-0.2, -0.15) is 0 Å². The second kappa shape index (κ2) is 5.60. The van der Waals surface area contributed by atoms with Crippen molar-refractivity contribution in [2.75, 3.05) is 24.5 Å². The van der Waals surface area contributed by atoms with Crippen molar-refractivity contribution >= 4 is 23.2 Å². The summed E-state index contributed by atoms with van der Waals surface area (Å²) in [5.41, 5.74) is 3.27. The van der Waals surface area contributed by atoms with Crippen LogP contribution in [0, 0.1) is 19.8 Å². The molecule has 2 aliphatic heterocycles. The lowest BCUT2D eigenvalue weighted by Gasteiger charge is -2.41. The Kier molecular flexibility index (Phi) is 3.56. The Morgan fingerprint density at radius 2 is 2.00 bits per heavy atom. The van der Waals surface area contributed by atoms with Crippen molar-refractivity contribution < 1.29 is 4.79 Å². The predicted octanol–water partition coefficient (Wildman–Crippen LogP) is 2.18. The Morgan fingerprint density at radius 1 is 1.26 bits per heavy atom. The zero-order chi connectivity index (χ0) is 16.0. The molecule has 0 N–H and O–H groups in total. The third-order valence-electron chi connectivity index (χ3n) is 4.60. The fraction of sp³-hybridized carbons (Fsp3) is 0.471. The average molecular weight is 328 g/mol. The molecule has 0 bridgehead atoms.